The van der Waals surface area contributed by atoms with E-state index in [0.717, 1.165) is 25.7 Å². The molecule has 17 heavy (non-hydrogen) atoms. The van der Waals surface area contributed by atoms with Crippen LogP contribution in [0.3, 0.4) is 0 Å². The number of aryl methyl sites for hydroxylation is 1. The molecule has 0 aromatic heterocycles. The van der Waals surface area contributed by atoms with E-state index in [1.54, 1.807) is 0 Å². The van der Waals surface area contributed by atoms with Gasteiger partial charge in [0.2, 0.25) is 0 Å². The molecule has 1 fully saturated rings. The molecule has 2 rings (SSSR count). The summed E-state index contributed by atoms with van der Waals surface area (Å²) in [4.78, 5) is 0. The van der Waals surface area contributed by atoms with Crippen LogP contribution in [0.5, 0.6) is 0 Å². The number of aliphatic hydroxyl groups is 1. The van der Waals surface area contributed by atoms with E-state index in [2.05, 4.69) is 36.4 Å². The Balaban J connectivity index is 1.86. The molecule has 1 aromatic rings. The predicted octanol–water partition coefficient (Wildman–Crippen LogP) is 3.87. The zero-order valence-corrected chi connectivity index (χ0v) is 10.4. The molecule has 1 unspecified atom stereocenters. The van der Waals surface area contributed by atoms with Crippen LogP contribution in [0.1, 0.15) is 44.1 Å². The average molecular weight is 230 g/mol. The largest absolute Gasteiger partial charge is 0.389 e. The predicted molar refractivity (Wildman–Crippen MR) is 71.9 cm³/mol. The summed E-state index contributed by atoms with van der Waals surface area (Å²) >= 11 is 0. The summed E-state index contributed by atoms with van der Waals surface area (Å²) in [5.74, 6) is 0. The van der Waals surface area contributed by atoms with Crippen molar-refractivity contribution in [3.8, 4) is 0 Å². The van der Waals surface area contributed by atoms with E-state index in [-0.39, 0.29) is 6.10 Å². The minimum absolute atomic E-state index is 0.173. The van der Waals surface area contributed by atoms with Crippen molar-refractivity contribution in [1.82, 2.24) is 0 Å². The molecule has 0 amide bonds. The fourth-order valence-electron chi connectivity index (χ4n) is 2.50. The molecule has 92 valence electrons. The number of benzene rings is 1. The van der Waals surface area contributed by atoms with Gasteiger partial charge in [-0.25, -0.2) is 0 Å². The normalized spacial score (nSPS) is 23.6. The SMILES string of the molecule is OC1CCCCC/C1=C\CCc1ccccc1. The maximum Gasteiger partial charge on any atom is 0.0750 e. The number of hydrogen-bond acceptors (Lipinski definition) is 1. The number of hydrogen-bond donors (Lipinski definition) is 1. The highest BCUT2D eigenvalue weighted by molar-refractivity contribution is 5.16. The van der Waals surface area contributed by atoms with Gasteiger partial charge in [-0.15, -0.1) is 0 Å². The van der Waals surface area contributed by atoms with Gasteiger partial charge in [0.1, 0.15) is 0 Å². The van der Waals surface area contributed by atoms with Crippen LogP contribution in [0, 0.1) is 0 Å². The van der Waals surface area contributed by atoms with Crippen LogP contribution in [-0.4, -0.2) is 11.2 Å². The summed E-state index contributed by atoms with van der Waals surface area (Å²) in [6, 6.07) is 10.6. The highest BCUT2D eigenvalue weighted by Crippen LogP contribution is 2.23. The molecule has 1 heteroatoms. The van der Waals surface area contributed by atoms with E-state index in [0.29, 0.717) is 0 Å². The first-order valence-electron chi connectivity index (χ1n) is 6.77. The van der Waals surface area contributed by atoms with Crippen molar-refractivity contribution in [3.05, 3.63) is 47.5 Å². The van der Waals surface area contributed by atoms with Crippen LogP contribution in [0.2, 0.25) is 0 Å². The number of allylic oxidation sites excluding steroid dienone is 1. The topological polar surface area (TPSA) is 20.2 Å². The molecule has 0 radical (unpaired) electrons. The van der Waals surface area contributed by atoms with Crippen LogP contribution in [0.25, 0.3) is 0 Å². The third-order valence-electron chi connectivity index (χ3n) is 3.55. The molecule has 1 aliphatic rings. The van der Waals surface area contributed by atoms with E-state index >= 15 is 0 Å². The minimum atomic E-state index is -0.173. The Morgan fingerprint density at radius 3 is 2.76 bits per heavy atom. The lowest BCUT2D eigenvalue weighted by molar-refractivity contribution is 0.198. The van der Waals surface area contributed by atoms with Crippen molar-refractivity contribution in [2.45, 2.75) is 51.0 Å². The maximum absolute atomic E-state index is 9.98. The second kappa shape index (κ2) is 6.61. The van der Waals surface area contributed by atoms with Gasteiger partial charge >= 0.3 is 0 Å². The fourth-order valence-corrected chi connectivity index (χ4v) is 2.50. The van der Waals surface area contributed by atoms with Crippen LogP contribution < -0.4 is 0 Å². The molecule has 1 N–H and O–H groups in total. The van der Waals surface area contributed by atoms with Crippen molar-refractivity contribution in [2.24, 2.45) is 0 Å². The van der Waals surface area contributed by atoms with Crippen molar-refractivity contribution >= 4 is 0 Å². The molecule has 0 saturated heterocycles. The van der Waals surface area contributed by atoms with Gasteiger partial charge in [0, 0.05) is 0 Å². The molecular weight excluding hydrogens is 208 g/mol. The molecule has 0 bridgehead atoms. The lowest BCUT2D eigenvalue weighted by atomic mass is 10.0. The van der Waals surface area contributed by atoms with Crippen LogP contribution in [-0.2, 0) is 6.42 Å². The average Bonchev–Trinajstić information content (AvgIpc) is 2.56. The molecule has 1 saturated carbocycles. The quantitative estimate of drug-likeness (QED) is 0.617. The van der Waals surface area contributed by atoms with Gasteiger partial charge in [0.25, 0.3) is 0 Å². The molecule has 1 atom stereocenters. The van der Waals surface area contributed by atoms with Crippen molar-refractivity contribution in [1.29, 1.82) is 0 Å². The number of aliphatic hydroxyl groups excluding tert-OH is 1. The first-order chi connectivity index (χ1) is 8.36. The lowest BCUT2D eigenvalue weighted by Crippen LogP contribution is -2.08. The van der Waals surface area contributed by atoms with Crippen LogP contribution in [0.15, 0.2) is 42.0 Å². The summed E-state index contributed by atoms with van der Waals surface area (Å²) in [6.07, 6.45) is 9.97. The summed E-state index contributed by atoms with van der Waals surface area (Å²) in [7, 11) is 0. The summed E-state index contributed by atoms with van der Waals surface area (Å²) in [6.45, 7) is 0. The Morgan fingerprint density at radius 1 is 1.12 bits per heavy atom. The van der Waals surface area contributed by atoms with E-state index in [4.69, 9.17) is 0 Å². The second-order valence-corrected chi connectivity index (χ2v) is 4.92. The van der Waals surface area contributed by atoms with Crippen LogP contribution >= 0.6 is 0 Å². The minimum Gasteiger partial charge on any atom is -0.389 e. The first-order valence-corrected chi connectivity index (χ1v) is 6.77. The van der Waals surface area contributed by atoms with E-state index in [1.807, 2.05) is 0 Å². The van der Waals surface area contributed by atoms with Crippen LogP contribution in [0.4, 0.5) is 0 Å². The zero-order valence-electron chi connectivity index (χ0n) is 10.4. The Labute approximate surface area is 104 Å². The van der Waals surface area contributed by atoms with Crippen molar-refractivity contribution in [3.63, 3.8) is 0 Å². The smallest absolute Gasteiger partial charge is 0.0750 e. The van der Waals surface area contributed by atoms with Gasteiger partial charge in [-0.05, 0) is 43.2 Å². The molecule has 0 heterocycles. The Bertz CT molecular complexity index is 353. The van der Waals surface area contributed by atoms with Gasteiger partial charge in [-0.3, -0.25) is 0 Å². The lowest BCUT2D eigenvalue weighted by Gasteiger charge is -2.10. The van der Waals surface area contributed by atoms with Gasteiger partial charge < -0.3 is 5.11 Å². The first kappa shape index (κ1) is 12.4. The maximum atomic E-state index is 9.98. The van der Waals surface area contributed by atoms with E-state index in [1.165, 1.54) is 30.4 Å². The Morgan fingerprint density at radius 2 is 1.94 bits per heavy atom. The number of rotatable bonds is 3. The van der Waals surface area contributed by atoms with E-state index < -0.39 is 0 Å². The highest BCUT2D eigenvalue weighted by atomic mass is 16.3. The second-order valence-electron chi connectivity index (χ2n) is 4.92. The Hall–Kier alpha value is -1.08. The van der Waals surface area contributed by atoms with Gasteiger partial charge in [-0.1, -0.05) is 49.2 Å². The van der Waals surface area contributed by atoms with E-state index in [9.17, 15) is 5.11 Å². The molecule has 0 spiro atoms. The molecule has 1 aromatic carbocycles. The molecular formula is C16H22O. The van der Waals surface area contributed by atoms with Gasteiger partial charge in [0.15, 0.2) is 0 Å². The summed E-state index contributed by atoms with van der Waals surface area (Å²) in [5, 5.41) is 9.98. The Kier molecular flexibility index (Phi) is 4.81. The standard InChI is InChI=1S/C16H22O/c17-16-13-6-2-5-11-15(16)12-7-10-14-8-3-1-4-9-14/h1,3-4,8-9,12,16-17H,2,5-7,10-11,13H2/b15-12+. The third kappa shape index (κ3) is 4.01. The summed E-state index contributed by atoms with van der Waals surface area (Å²) in [5.41, 5.74) is 2.66. The van der Waals surface area contributed by atoms with Crippen molar-refractivity contribution in [2.75, 3.05) is 0 Å². The molecule has 0 aliphatic heterocycles. The third-order valence-corrected chi connectivity index (χ3v) is 3.55. The zero-order chi connectivity index (χ0) is 11.9. The van der Waals surface area contributed by atoms with Gasteiger partial charge in [-0.2, -0.15) is 0 Å². The molecule has 1 nitrogen and oxygen atoms in total. The van der Waals surface area contributed by atoms with Crippen molar-refractivity contribution < 1.29 is 5.11 Å². The fraction of sp³-hybridized carbons (Fsp3) is 0.500. The monoisotopic (exact) mass is 230 g/mol. The van der Waals surface area contributed by atoms with Gasteiger partial charge in [0.05, 0.1) is 6.10 Å². The molecule has 1 aliphatic carbocycles. The highest BCUT2D eigenvalue weighted by Gasteiger charge is 2.13. The summed E-state index contributed by atoms with van der Waals surface area (Å²) < 4.78 is 0.